The molecule has 2 aromatic rings. The third-order valence-electron chi connectivity index (χ3n) is 2.86. The van der Waals surface area contributed by atoms with Crippen molar-refractivity contribution in [3.05, 3.63) is 23.4 Å². The number of hydrogen-bond donors (Lipinski definition) is 1. The van der Waals surface area contributed by atoms with Crippen LogP contribution in [0.4, 0.5) is 13.2 Å². The van der Waals surface area contributed by atoms with E-state index in [9.17, 15) is 18.3 Å². The fourth-order valence-corrected chi connectivity index (χ4v) is 2.15. The van der Waals surface area contributed by atoms with Gasteiger partial charge in [0.05, 0.1) is 5.52 Å². The molecule has 0 bridgehead atoms. The van der Waals surface area contributed by atoms with Crippen LogP contribution < -0.4 is 0 Å². The number of nitrogens with zero attached hydrogens (tertiary/aromatic N) is 2. The van der Waals surface area contributed by atoms with E-state index in [4.69, 9.17) is 0 Å². The zero-order valence-electron chi connectivity index (χ0n) is 10.0. The maximum absolute atomic E-state index is 12.8. The molecule has 2 rings (SSSR count). The largest absolute Gasteiger partial charge is 0.508 e. The highest BCUT2D eigenvalue weighted by molar-refractivity contribution is 5.87. The molecular weight excluding hydrogens is 245 g/mol. The van der Waals surface area contributed by atoms with Crippen LogP contribution >= 0.6 is 0 Å². The maximum Gasteiger partial charge on any atom is 0.435 e. The molecule has 0 unspecified atom stereocenters. The van der Waals surface area contributed by atoms with Gasteiger partial charge in [0.1, 0.15) is 5.75 Å². The van der Waals surface area contributed by atoms with Gasteiger partial charge in [-0.1, -0.05) is 13.3 Å². The number of aryl methyl sites for hydroxylation is 2. The first-order valence-corrected chi connectivity index (χ1v) is 5.61. The molecule has 0 fully saturated rings. The summed E-state index contributed by atoms with van der Waals surface area (Å²) in [6.45, 7) is 1.90. The van der Waals surface area contributed by atoms with Crippen LogP contribution in [-0.4, -0.2) is 14.9 Å². The molecule has 1 aromatic heterocycles. The Morgan fingerprint density at radius 1 is 1.33 bits per heavy atom. The second-order valence-corrected chi connectivity index (χ2v) is 4.18. The van der Waals surface area contributed by atoms with Crippen molar-refractivity contribution >= 4 is 10.9 Å². The third-order valence-corrected chi connectivity index (χ3v) is 2.86. The molecule has 1 N–H and O–H groups in total. The minimum atomic E-state index is -4.49. The van der Waals surface area contributed by atoms with E-state index in [2.05, 4.69) is 5.10 Å². The summed E-state index contributed by atoms with van der Waals surface area (Å²) < 4.78 is 39.6. The number of phenols is 1. The molecule has 6 heteroatoms. The average molecular weight is 258 g/mol. The van der Waals surface area contributed by atoms with E-state index in [1.165, 1.54) is 23.9 Å². The summed E-state index contributed by atoms with van der Waals surface area (Å²) in [6.07, 6.45) is -3.24. The second kappa shape index (κ2) is 4.19. The Labute approximate surface area is 102 Å². The highest BCUT2D eigenvalue weighted by Gasteiger charge is 2.37. The number of hydrogen-bond acceptors (Lipinski definition) is 2. The van der Waals surface area contributed by atoms with Gasteiger partial charge in [0, 0.05) is 18.0 Å². The van der Waals surface area contributed by atoms with Crippen molar-refractivity contribution < 1.29 is 18.3 Å². The average Bonchev–Trinajstić information content (AvgIpc) is 2.60. The Kier molecular flexibility index (Phi) is 2.96. The van der Waals surface area contributed by atoms with Crippen molar-refractivity contribution in [2.45, 2.75) is 25.9 Å². The summed E-state index contributed by atoms with van der Waals surface area (Å²) >= 11 is 0. The Morgan fingerprint density at radius 2 is 2.00 bits per heavy atom. The van der Waals surface area contributed by atoms with Crippen molar-refractivity contribution in [2.24, 2.45) is 7.05 Å². The molecule has 0 amide bonds. The van der Waals surface area contributed by atoms with Gasteiger partial charge in [-0.05, 0) is 18.6 Å². The SMILES string of the molecule is CCCc1c(O)ccc2c(C(F)(F)F)nn(C)c12. The number of benzene rings is 1. The molecule has 1 heterocycles. The number of alkyl halides is 3. The fourth-order valence-electron chi connectivity index (χ4n) is 2.15. The summed E-state index contributed by atoms with van der Waals surface area (Å²) in [5.74, 6) is 0.0149. The number of fused-ring (bicyclic) bond motifs is 1. The monoisotopic (exact) mass is 258 g/mol. The summed E-state index contributed by atoms with van der Waals surface area (Å²) in [7, 11) is 1.45. The Morgan fingerprint density at radius 3 is 2.56 bits per heavy atom. The minimum absolute atomic E-state index is 0.0149. The molecule has 0 spiro atoms. The number of aromatic nitrogens is 2. The van der Waals surface area contributed by atoms with Crippen molar-refractivity contribution in [1.82, 2.24) is 9.78 Å². The normalized spacial score (nSPS) is 12.3. The van der Waals surface area contributed by atoms with Gasteiger partial charge in [-0.25, -0.2) is 0 Å². The highest BCUT2D eigenvalue weighted by Crippen LogP contribution is 2.37. The molecule has 0 saturated heterocycles. The van der Waals surface area contributed by atoms with E-state index in [1.54, 1.807) is 0 Å². The summed E-state index contributed by atoms with van der Waals surface area (Å²) in [5.41, 5.74) is -0.0398. The highest BCUT2D eigenvalue weighted by atomic mass is 19.4. The van der Waals surface area contributed by atoms with Gasteiger partial charge in [-0.15, -0.1) is 0 Å². The standard InChI is InChI=1S/C12H13F3N2O/c1-3-4-7-9(18)6-5-8-10(7)17(2)16-11(8)12(13,14)15/h5-6,18H,3-4H2,1-2H3. The van der Waals surface area contributed by atoms with E-state index in [1.807, 2.05) is 6.92 Å². The Hall–Kier alpha value is -1.72. The Balaban J connectivity index is 2.79. The van der Waals surface area contributed by atoms with Crippen LogP contribution in [0.3, 0.4) is 0 Å². The van der Waals surface area contributed by atoms with Crippen molar-refractivity contribution in [1.29, 1.82) is 0 Å². The molecular formula is C12H13F3N2O. The van der Waals surface area contributed by atoms with Crippen molar-refractivity contribution in [2.75, 3.05) is 0 Å². The van der Waals surface area contributed by atoms with Gasteiger partial charge in [-0.3, -0.25) is 4.68 Å². The van der Waals surface area contributed by atoms with E-state index in [-0.39, 0.29) is 11.1 Å². The molecule has 0 atom stereocenters. The lowest BCUT2D eigenvalue weighted by Crippen LogP contribution is -2.06. The number of aromatic hydroxyl groups is 1. The summed E-state index contributed by atoms with van der Waals surface area (Å²) in [6, 6.07) is 2.56. The van der Waals surface area contributed by atoms with Crippen molar-refractivity contribution in [3.63, 3.8) is 0 Å². The molecule has 98 valence electrons. The molecule has 3 nitrogen and oxygen atoms in total. The smallest absolute Gasteiger partial charge is 0.435 e. The van der Waals surface area contributed by atoms with E-state index in [0.29, 0.717) is 17.5 Å². The van der Waals surface area contributed by atoms with Crippen LogP contribution in [0, 0.1) is 0 Å². The lowest BCUT2D eigenvalue weighted by molar-refractivity contribution is -0.140. The predicted octanol–water partition coefficient (Wildman–Crippen LogP) is 3.25. The number of halogens is 3. The number of phenolic OH excluding ortho intramolecular Hbond substituents is 1. The molecule has 0 aliphatic carbocycles. The zero-order valence-corrected chi connectivity index (χ0v) is 10.0. The van der Waals surface area contributed by atoms with E-state index in [0.717, 1.165) is 6.42 Å². The van der Waals surface area contributed by atoms with Gasteiger partial charge >= 0.3 is 6.18 Å². The van der Waals surface area contributed by atoms with Crippen LogP contribution in [0.1, 0.15) is 24.6 Å². The molecule has 0 radical (unpaired) electrons. The maximum atomic E-state index is 12.8. The van der Waals surface area contributed by atoms with Gasteiger partial charge in [0.15, 0.2) is 5.69 Å². The van der Waals surface area contributed by atoms with Crippen molar-refractivity contribution in [3.8, 4) is 5.75 Å². The molecule has 18 heavy (non-hydrogen) atoms. The van der Waals surface area contributed by atoms with Gasteiger partial charge in [0.2, 0.25) is 0 Å². The first-order chi connectivity index (χ1) is 8.36. The minimum Gasteiger partial charge on any atom is -0.508 e. The zero-order chi connectivity index (χ0) is 13.5. The first kappa shape index (κ1) is 12.7. The van der Waals surface area contributed by atoms with Crippen LogP contribution in [0.2, 0.25) is 0 Å². The molecule has 0 saturated carbocycles. The number of rotatable bonds is 2. The van der Waals surface area contributed by atoms with Crippen LogP contribution in [0.25, 0.3) is 10.9 Å². The molecule has 0 aliphatic rings. The first-order valence-electron chi connectivity index (χ1n) is 5.61. The topological polar surface area (TPSA) is 38.1 Å². The Bertz CT molecular complexity index is 587. The van der Waals surface area contributed by atoms with E-state index >= 15 is 0 Å². The molecule has 0 aliphatic heterocycles. The second-order valence-electron chi connectivity index (χ2n) is 4.18. The third kappa shape index (κ3) is 1.91. The summed E-state index contributed by atoms with van der Waals surface area (Å²) in [5, 5.41) is 13.3. The van der Waals surface area contributed by atoms with Crippen LogP contribution in [0.15, 0.2) is 12.1 Å². The fraction of sp³-hybridized carbons (Fsp3) is 0.417. The van der Waals surface area contributed by atoms with Crippen LogP contribution in [0.5, 0.6) is 5.75 Å². The quantitative estimate of drug-likeness (QED) is 0.897. The summed E-state index contributed by atoms with van der Waals surface area (Å²) in [4.78, 5) is 0. The van der Waals surface area contributed by atoms with Crippen LogP contribution in [-0.2, 0) is 19.6 Å². The lowest BCUT2D eigenvalue weighted by Gasteiger charge is -2.07. The van der Waals surface area contributed by atoms with Gasteiger partial charge in [0.25, 0.3) is 0 Å². The van der Waals surface area contributed by atoms with Gasteiger partial charge < -0.3 is 5.11 Å². The molecule has 1 aromatic carbocycles. The van der Waals surface area contributed by atoms with Gasteiger partial charge in [-0.2, -0.15) is 18.3 Å². The predicted molar refractivity (Wildman–Crippen MR) is 61.4 cm³/mol. The lowest BCUT2D eigenvalue weighted by atomic mass is 10.0. The van der Waals surface area contributed by atoms with E-state index < -0.39 is 11.9 Å².